The molecule has 2 aliphatic rings. The summed E-state index contributed by atoms with van der Waals surface area (Å²) >= 11 is 1.59. The van der Waals surface area contributed by atoms with Gasteiger partial charge in [-0.25, -0.2) is 4.98 Å². The molecule has 0 spiro atoms. The predicted octanol–water partition coefficient (Wildman–Crippen LogP) is 3.45. The Balaban J connectivity index is 1.52. The molecule has 1 amide bonds. The van der Waals surface area contributed by atoms with Crippen molar-refractivity contribution in [2.45, 2.75) is 25.7 Å². The summed E-state index contributed by atoms with van der Waals surface area (Å²) in [4.78, 5) is 18.4. The van der Waals surface area contributed by atoms with E-state index in [-0.39, 0.29) is 12.5 Å². The lowest BCUT2D eigenvalue weighted by molar-refractivity contribution is -0.113. The Morgan fingerprint density at radius 2 is 2.21 bits per heavy atom. The number of thiazole rings is 1. The molecule has 1 aliphatic heterocycles. The van der Waals surface area contributed by atoms with E-state index in [1.54, 1.807) is 18.4 Å². The molecule has 24 heavy (non-hydrogen) atoms. The number of methoxy groups -OCH3 is 1. The van der Waals surface area contributed by atoms with Gasteiger partial charge in [0.25, 0.3) is 5.91 Å². The Morgan fingerprint density at radius 1 is 1.33 bits per heavy atom. The van der Waals surface area contributed by atoms with Crippen molar-refractivity contribution >= 4 is 28.5 Å². The number of benzene rings is 1. The van der Waals surface area contributed by atoms with Gasteiger partial charge in [0.15, 0.2) is 5.13 Å². The molecule has 1 aromatic carbocycles. The minimum absolute atomic E-state index is 0.150. The third kappa shape index (κ3) is 2.89. The van der Waals surface area contributed by atoms with Gasteiger partial charge in [-0.15, -0.1) is 11.3 Å². The largest absolute Gasteiger partial charge is 0.497 e. The van der Waals surface area contributed by atoms with Crippen LogP contribution in [0.4, 0.5) is 5.13 Å². The number of aryl methyl sites for hydroxylation is 2. The maximum Gasteiger partial charge on any atom is 0.256 e. The van der Waals surface area contributed by atoms with Gasteiger partial charge in [0.1, 0.15) is 18.1 Å². The Labute approximate surface area is 144 Å². The van der Waals surface area contributed by atoms with Crippen molar-refractivity contribution < 1.29 is 14.3 Å². The Morgan fingerprint density at radius 3 is 3.04 bits per heavy atom. The van der Waals surface area contributed by atoms with Crippen molar-refractivity contribution in [1.82, 2.24) is 4.98 Å². The first kappa shape index (κ1) is 15.2. The molecule has 5 nitrogen and oxygen atoms in total. The topological polar surface area (TPSA) is 60.5 Å². The molecular weight excluding hydrogens is 324 g/mol. The molecule has 0 fully saturated rings. The number of aromatic nitrogens is 1. The number of amides is 1. The zero-order chi connectivity index (χ0) is 16.5. The van der Waals surface area contributed by atoms with Crippen LogP contribution in [0.3, 0.4) is 0 Å². The summed E-state index contributed by atoms with van der Waals surface area (Å²) in [5.41, 5.74) is 2.62. The average Bonchev–Trinajstić information content (AvgIpc) is 3.03. The molecule has 1 N–H and O–H groups in total. The van der Waals surface area contributed by atoms with E-state index < -0.39 is 0 Å². The van der Waals surface area contributed by atoms with E-state index >= 15 is 0 Å². The monoisotopic (exact) mass is 342 g/mol. The average molecular weight is 342 g/mol. The van der Waals surface area contributed by atoms with E-state index in [4.69, 9.17) is 9.47 Å². The highest BCUT2D eigenvalue weighted by Gasteiger charge is 2.21. The third-order valence-corrected chi connectivity index (χ3v) is 5.36. The van der Waals surface area contributed by atoms with Crippen LogP contribution >= 0.6 is 11.3 Å². The standard InChI is InChI=1S/C18H18N2O3S/c1-22-13-7-6-11-8-12(10-23-15(11)9-13)17(21)20-18-19-14-4-2-3-5-16(14)24-18/h6-9H,2-5,10H2,1H3,(H,19,20,21). The summed E-state index contributed by atoms with van der Waals surface area (Å²) in [6.45, 7) is 0.247. The van der Waals surface area contributed by atoms with Gasteiger partial charge in [0.2, 0.25) is 0 Å². The number of rotatable bonds is 3. The molecule has 0 atom stereocenters. The summed E-state index contributed by atoms with van der Waals surface area (Å²) < 4.78 is 10.9. The number of anilines is 1. The third-order valence-electron chi connectivity index (χ3n) is 4.29. The zero-order valence-corrected chi connectivity index (χ0v) is 14.2. The molecule has 0 radical (unpaired) electrons. The molecule has 0 bridgehead atoms. The van der Waals surface area contributed by atoms with Crippen molar-refractivity contribution in [2.24, 2.45) is 0 Å². The lowest BCUT2D eigenvalue weighted by atomic mass is 10.0. The molecule has 4 rings (SSSR count). The van der Waals surface area contributed by atoms with Crippen LogP contribution in [-0.4, -0.2) is 24.6 Å². The second kappa shape index (κ2) is 6.28. The molecule has 2 aromatic rings. The first-order chi connectivity index (χ1) is 11.7. The van der Waals surface area contributed by atoms with E-state index in [1.165, 1.54) is 17.7 Å². The molecule has 0 unspecified atom stereocenters. The lowest BCUT2D eigenvalue weighted by Gasteiger charge is -2.17. The van der Waals surface area contributed by atoms with E-state index in [0.717, 1.165) is 35.6 Å². The van der Waals surface area contributed by atoms with Crippen LogP contribution in [0.2, 0.25) is 0 Å². The summed E-state index contributed by atoms with van der Waals surface area (Å²) in [5.74, 6) is 1.32. The number of nitrogens with one attached hydrogen (secondary N) is 1. The lowest BCUT2D eigenvalue weighted by Crippen LogP contribution is -2.21. The van der Waals surface area contributed by atoms with Crippen molar-refractivity contribution in [3.05, 3.63) is 39.9 Å². The minimum atomic E-state index is -0.150. The highest BCUT2D eigenvalue weighted by molar-refractivity contribution is 7.15. The zero-order valence-electron chi connectivity index (χ0n) is 13.4. The number of ether oxygens (including phenoxy) is 2. The van der Waals surface area contributed by atoms with Crippen LogP contribution in [0.5, 0.6) is 11.5 Å². The highest BCUT2D eigenvalue weighted by atomic mass is 32.1. The Kier molecular flexibility index (Phi) is 3.98. The van der Waals surface area contributed by atoms with Crippen LogP contribution in [0.1, 0.15) is 29.0 Å². The van der Waals surface area contributed by atoms with Gasteiger partial charge in [0.05, 0.1) is 18.4 Å². The molecular formula is C18H18N2O3S. The molecule has 0 saturated heterocycles. The van der Waals surface area contributed by atoms with Gasteiger partial charge in [0, 0.05) is 16.5 Å². The first-order valence-corrected chi connectivity index (χ1v) is 8.86. The van der Waals surface area contributed by atoms with Gasteiger partial charge in [-0.3, -0.25) is 10.1 Å². The van der Waals surface area contributed by atoms with Crippen LogP contribution in [0.25, 0.3) is 6.08 Å². The summed E-state index contributed by atoms with van der Waals surface area (Å²) in [5, 5.41) is 3.61. The number of carbonyl (C=O) groups excluding carboxylic acids is 1. The van der Waals surface area contributed by atoms with E-state index in [0.29, 0.717) is 10.7 Å². The van der Waals surface area contributed by atoms with Crippen LogP contribution in [0, 0.1) is 0 Å². The fourth-order valence-electron chi connectivity index (χ4n) is 2.98. The smallest absolute Gasteiger partial charge is 0.256 e. The second-order valence-corrected chi connectivity index (χ2v) is 7.00. The second-order valence-electron chi connectivity index (χ2n) is 5.91. The number of fused-ring (bicyclic) bond motifs is 2. The predicted molar refractivity (Wildman–Crippen MR) is 93.9 cm³/mol. The van der Waals surface area contributed by atoms with Gasteiger partial charge >= 0.3 is 0 Å². The first-order valence-electron chi connectivity index (χ1n) is 8.04. The number of carbonyl (C=O) groups is 1. The number of hydrogen-bond donors (Lipinski definition) is 1. The van der Waals surface area contributed by atoms with E-state index in [1.807, 2.05) is 24.3 Å². The number of nitrogens with zero attached hydrogens (tertiary/aromatic N) is 1. The molecule has 6 heteroatoms. The molecule has 0 saturated carbocycles. The normalized spacial score (nSPS) is 15.6. The fraction of sp³-hybridized carbons (Fsp3) is 0.333. The highest BCUT2D eigenvalue weighted by Crippen LogP contribution is 2.32. The van der Waals surface area contributed by atoms with Gasteiger partial charge in [-0.2, -0.15) is 0 Å². The maximum atomic E-state index is 12.5. The minimum Gasteiger partial charge on any atom is -0.497 e. The molecule has 1 aromatic heterocycles. The molecule has 1 aliphatic carbocycles. The number of hydrogen-bond acceptors (Lipinski definition) is 5. The molecule has 2 heterocycles. The van der Waals surface area contributed by atoms with Gasteiger partial charge in [-0.05, 0) is 43.9 Å². The SMILES string of the molecule is COc1ccc2c(c1)OCC(C(=O)Nc1nc3c(s1)CCCC3)=C2. The Hall–Kier alpha value is -2.34. The van der Waals surface area contributed by atoms with Crippen molar-refractivity contribution in [1.29, 1.82) is 0 Å². The van der Waals surface area contributed by atoms with Crippen LogP contribution in [-0.2, 0) is 17.6 Å². The van der Waals surface area contributed by atoms with Crippen LogP contribution in [0.15, 0.2) is 23.8 Å². The summed E-state index contributed by atoms with van der Waals surface area (Å²) in [7, 11) is 1.62. The van der Waals surface area contributed by atoms with Gasteiger partial charge < -0.3 is 9.47 Å². The van der Waals surface area contributed by atoms with Crippen molar-refractivity contribution in [3.63, 3.8) is 0 Å². The fourth-order valence-corrected chi connectivity index (χ4v) is 4.03. The summed E-state index contributed by atoms with van der Waals surface area (Å²) in [6.07, 6.45) is 6.35. The van der Waals surface area contributed by atoms with Crippen molar-refractivity contribution in [3.8, 4) is 11.5 Å². The van der Waals surface area contributed by atoms with Crippen molar-refractivity contribution in [2.75, 3.05) is 19.0 Å². The van der Waals surface area contributed by atoms with E-state index in [2.05, 4.69) is 10.3 Å². The molecule has 124 valence electrons. The Bertz CT molecular complexity index is 802. The maximum absolute atomic E-state index is 12.5. The van der Waals surface area contributed by atoms with E-state index in [9.17, 15) is 4.79 Å². The van der Waals surface area contributed by atoms with Gasteiger partial charge in [-0.1, -0.05) is 0 Å². The summed E-state index contributed by atoms with van der Waals surface area (Å²) in [6, 6.07) is 5.58. The quantitative estimate of drug-likeness (QED) is 0.928. The van der Waals surface area contributed by atoms with Crippen LogP contribution < -0.4 is 14.8 Å².